The van der Waals surface area contributed by atoms with Crippen LogP contribution < -0.4 is 5.32 Å². The van der Waals surface area contributed by atoms with E-state index in [0.29, 0.717) is 13.0 Å². The van der Waals surface area contributed by atoms with Crippen LogP contribution in [0.15, 0.2) is 48.5 Å². The van der Waals surface area contributed by atoms with E-state index in [2.05, 4.69) is 29.6 Å². The Morgan fingerprint density at radius 1 is 1.03 bits per heavy atom. The van der Waals surface area contributed by atoms with Crippen LogP contribution in [0, 0.1) is 5.92 Å². The van der Waals surface area contributed by atoms with Gasteiger partial charge in [-0.05, 0) is 47.4 Å². The maximum absolute atomic E-state index is 13.3. The molecule has 1 atom stereocenters. The van der Waals surface area contributed by atoms with Crippen LogP contribution in [-0.4, -0.2) is 53.7 Å². The molecule has 0 radical (unpaired) electrons. The second-order valence-corrected chi connectivity index (χ2v) is 9.11. The maximum atomic E-state index is 13.3. The van der Waals surface area contributed by atoms with Crippen LogP contribution in [0.2, 0.25) is 0 Å². The first kappa shape index (κ1) is 23.8. The molecule has 0 spiro atoms. The van der Waals surface area contributed by atoms with Gasteiger partial charge in [-0.1, -0.05) is 61.9 Å². The number of amides is 2. The molecule has 1 fully saturated rings. The first-order valence-corrected chi connectivity index (χ1v) is 12.1. The minimum Gasteiger partial charge on any atom is -0.481 e. The van der Waals surface area contributed by atoms with Crippen LogP contribution in [0.3, 0.4) is 0 Å². The van der Waals surface area contributed by atoms with Crippen molar-refractivity contribution in [3.8, 4) is 11.1 Å². The molecule has 0 heterocycles. The number of carbonyl (C=O) groups excluding carboxylic acids is 2. The van der Waals surface area contributed by atoms with Gasteiger partial charge in [-0.3, -0.25) is 9.59 Å². The zero-order valence-corrected chi connectivity index (χ0v) is 19.5. The molecule has 2 aliphatic carbocycles. The SMILES string of the molecule is CCCN(CCC(=O)O)C(=O)C(NC(=O)OCC1c2ccccc2-c2ccccc21)C1CCC1. The summed E-state index contributed by atoms with van der Waals surface area (Å²) in [6.07, 6.45) is 2.73. The number of nitrogens with zero attached hydrogens (tertiary/aromatic N) is 1. The van der Waals surface area contributed by atoms with E-state index in [0.717, 1.165) is 41.5 Å². The van der Waals surface area contributed by atoms with Crippen molar-refractivity contribution in [1.82, 2.24) is 10.2 Å². The van der Waals surface area contributed by atoms with Crippen molar-refractivity contribution >= 4 is 18.0 Å². The Morgan fingerprint density at radius 2 is 1.65 bits per heavy atom. The number of carboxylic acid groups (broad SMARTS) is 1. The van der Waals surface area contributed by atoms with Crippen LogP contribution >= 0.6 is 0 Å². The Bertz CT molecular complexity index is 1000. The highest BCUT2D eigenvalue weighted by molar-refractivity contribution is 5.86. The van der Waals surface area contributed by atoms with E-state index < -0.39 is 18.1 Å². The topological polar surface area (TPSA) is 95.9 Å². The van der Waals surface area contributed by atoms with Gasteiger partial charge in [-0.15, -0.1) is 0 Å². The predicted octanol–water partition coefficient (Wildman–Crippen LogP) is 4.41. The summed E-state index contributed by atoms with van der Waals surface area (Å²) >= 11 is 0. The molecule has 1 unspecified atom stereocenters. The molecule has 180 valence electrons. The Balaban J connectivity index is 1.43. The Hall–Kier alpha value is -3.35. The molecule has 0 saturated heterocycles. The monoisotopic (exact) mass is 464 g/mol. The molecule has 34 heavy (non-hydrogen) atoms. The van der Waals surface area contributed by atoms with E-state index in [9.17, 15) is 14.4 Å². The van der Waals surface area contributed by atoms with Crippen LogP contribution in [0.1, 0.15) is 56.1 Å². The molecule has 7 heteroatoms. The second-order valence-electron chi connectivity index (χ2n) is 9.11. The normalized spacial score (nSPS) is 15.6. The lowest BCUT2D eigenvalue weighted by Gasteiger charge is -2.36. The van der Waals surface area contributed by atoms with Gasteiger partial charge in [0.05, 0.1) is 6.42 Å². The molecule has 1 saturated carbocycles. The van der Waals surface area contributed by atoms with Crippen molar-refractivity contribution < 1.29 is 24.2 Å². The number of carboxylic acids is 1. The number of hydrogen-bond acceptors (Lipinski definition) is 4. The van der Waals surface area contributed by atoms with E-state index in [-0.39, 0.29) is 37.3 Å². The number of carbonyl (C=O) groups is 3. The molecule has 2 aliphatic rings. The van der Waals surface area contributed by atoms with Crippen molar-refractivity contribution in [2.75, 3.05) is 19.7 Å². The highest BCUT2D eigenvalue weighted by Gasteiger charge is 2.37. The Kier molecular flexibility index (Phi) is 7.50. The van der Waals surface area contributed by atoms with Crippen molar-refractivity contribution in [2.45, 2.75) is 51.0 Å². The molecule has 2 N–H and O–H groups in total. The third kappa shape index (κ3) is 5.08. The predicted molar refractivity (Wildman–Crippen MR) is 128 cm³/mol. The molecular weight excluding hydrogens is 432 g/mol. The smallest absolute Gasteiger partial charge is 0.407 e. The van der Waals surface area contributed by atoms with Crippen LogP contribution in [0.25, 0.3) is 11.1 Å². The largest absolute Gasteiger partial charge is 0.481 e. The van der Waals surface area contributed by atoms with E-state index in [1.54, 1.807) is 4.90 Å². The van der Waals surface area contributed by atoms with E-state index in [4.69, 9.17) is 9.84 Å². The van der Waals surface area contributed by atoms with Gasteiger partial charge >= 0.3 is 12.1 Å². The molecule has 2 amide bonds. The van der Waals surface area contributed by atoms with Crippen LogP contribution in [0.5, 0.6) is 0 Å². The van der Waals surface area contributed by atoms with Crippen molar-refractivity contribution in [3.05, 3.63) is 59.7 Å². The standard InChI is InChI=1S/C27H32N2O5/c1-2-15-29(16-14-24(30)31)26(32)25(18-8-7-9-18)28-27(33)34-17-23-21-12-5-3-10-19(21)20-11-4-6-13-22(20)23/h3-6,10-13,18,23,25H,2,7-9,14-17H2,1H3,(H,28,33)(H,30,31). The summed E-state index contributed by atoms with van der Waals surface area (Å²) in [5.74, 6) is -1.17. The van der Waals surface area contributed by atoms with Crippen LogP contribution in [-0.2, 0) is 14.3 Å². The molecule has 4 rings (SSSR count). The molecule has 0 bridgehead atoms. The second kappa shape index (κ2) is 10.7. The van der Waals surface area contributed by atoms with Gasteiger partial charge in [-0.25, -0.2) is 4.79 Å². The number of rotatable bonds is 10. The Morgan fingerprint density at radius 3 is 2.18 bits per heavy atom. The number of hydrogen-bond donors (Lipinski definition) is 2. The number of nitrogens with one attached hydrogen (secondary N) is 1. The average molecular weight is 465 g/mol. The zero-order valence-electron chi connectivity index (χ0n) is 19.5. The summed E-state index contributed by atoms with van der Waals surface area (Å²) < 4.78 is 5.66. The third-order valence-corrected chi connectivity index (χ3v) is 6.91. The summed E-state index contributed by atoms with van der Waals surface area (Å²) in [4.78, 5) is 38.7. The molecular formula is C27H32N2O5. The number of fused-ring (bicyclic) bond motifs is 3. The minimum absolute atomic E-state index is 0.0526. The fraction of sp³-hybridized carbons (Fsp3) is 0.444. The molecule has 0 aliphatic heterocycles. The minimum atomic E-state index is -0.946. The van der Waals surface area contributed by atoms with Crippen molar-refractivity contribution in [2.24, 2.45) is 5.92 Å². The summed E-state index contributed by atoms with van der Waals surface area (Å²) in [6.45, 7) is 2.72. The zero-order chi connectivity index (χ0) is 24.1. The van der Waals surface area contributed by atoms with E-state index in [1.165, 1.54) is 0 Å². The third-order valence-electron chi connectivity index (χ3n) is 6.91. The quantitative estimate of drug-likeness (QED) is 0.543. The molecule has 7 nitrogen and oxygen atoms in total. The van der Waals surface area contributed by atoms with Gasteiger partial charge in [0.25, 0.3) is 0 Å². The summed E-state index contributed by atoms with van der Waals surface area (Å²) in [6, 6.07) is 15.6. The van der Waals surface area contributed by atoms with Gasteiger partial charge in [-0.2, -0.15) is 0 Å². The number of aliphatic carboxylic acids is 1. The number of alkyl carbamates (subject to hydrolysis) is 1. The summed E-state index contributed by atoms with van der Waals surface area (Å²) in [5, 5.41) is 11.9. The number of ether oxygens (including phenoxy) is 1. The maximum Gasteiger partial charge on any atom is 0.407 e. The average Bonchev–Trinajstić information content (AvgIpc) is 3.12. The Labute approximate surface area is 200 Å². The first-order valence-electron chi connectivity index (χ1n) is 12.1. The lowest BCUT2D eigenvalue weighted by Crippen LogP contribution is -2.54. The lowest BCUT2D eigenvalue weighted by atomic mass is 9.79. The van der Waals surface area contributed by atoms with Gasteiger partial charge in [0.1, 0.15) is 12.6 Å². The first-order chi connectivity index (χ1) is 16.5. The highest BCUT2D eigenvalue weighted by Crippen LogP contribution is 2.44. The molecule has 0 aromatic heterocycles. The highest BCUT2D eigenvalue weighted by atomic mass is 16.5. The fourth-order valence-corrected chi connectivity index (χ4v) is 4.95. The molecule has 2 aromatic rings. The van der Waals surface area contributed by atoms with Gasteiger partial charge < -0.3 is 20.1 Å². The number of benzene rings is 2. The summed E-state index contributed by atoms with van der Waals surface area (Å²) in [7, 11) is 0. The van der Waals surface area contributed by atoms with Crippen molar-refractivity contribution in [3.63, 3.8) is 0 Å². The van der Waals surface area contributed by atoms with Crippen molar-refractivity contribution in [1.29, 1.82) is 0 Å². The fourth-order valence-electron chi connectivity index (χ4n) is 4.95. The van der Waals surface area contributed by atoms with E-state index in [1.807, 2.05) is 31.2 Å². The lowest BCUT2D eigenvalue weighted by molar-refractivity contribution is -0.139. The van der Waals surface area contributed by atoms with Gasteiger partial charge in [0.15, 0.2) is 0 Å². The molecule has 2 aromatic carbocycles. The van der Waals surface area contributed by atoms with E-state index >= 15 is 0 Å². The van der Waals surface area contributed by atoms with Crippen LogP contribution in [0.4, 0.5) is 4.79 Å². The summed E-state index contributed by atoms with van der Waals surface area (Å²) in [5.41, 5.74) is 4.57. The van der Waals surface area contributed by atoms with Gasteiger partial charge in [0.2, 0.25) is 5.91 Å². The van der Waals surface area contributed by atoms with Gasteiger partial charge in [0, 0.05) is 19.0 Å².